The number of nitrogens with zero attached hydrogens (tertiary/aromatic N) is 1. The van der Waals surface area contributed by atoms with Gasteiger partial charge in [0.1, 0.15) is 5.60 Å². The molecule has 0 aliphatic heterocycles. The molecule has 0 aliphatic rings. The highest BCUT2D eigenvalue weighted by molar-refractivity contribution is 6.28. The first-order valence-corrected chi connectivity index (χ1v) is 9.14. The molecule has 0 radical (unpaired) electrons. The summed E-state index contributed by atoms with van der Waals surface area (Å²) in [7, 11) is 0. The number of unbranched alkanes of at least 4 members (excludes halogenated alkanes) is 1. The molecule has 0 saturated heterocycles. The number of alkyl carbamates (subject to hydrolysis) is 1. The van der Waals surface area contributed by atoms with Crippen LogP contribution < -0.4 is 10.6 Å². The number of pyridine rings is 1. The molecule has 1 rings (SSSR count). The summed E-state index contributed by atoms with van der Waals surface area (Å²) in [6.45, 7) is 5.70. The van der Waals surface area contributed by atoms with E-state index in [0.717, 1.165) is 12.3 Å². The van der Waals surface area contributed by atoms with Crippen molar-refractivity contribution in [2.75, 3.05) is 12.4 Å². The molecule has 2 N–H and O–H groups in total. The van der Waals surface area contributed by atoms with Crippen LogP contribution in [0.25, 0.3) is 0 Å². The Morgan fingerprint density at radius 2 is 1.96 bits per heavy atom. The maximum atomic E-state index is 12.8. The fourth-order valence-corrected chi connectivity index (χ4v) is 2.32. The van der Waals surface area contributed by atoms with Gasteiger partial charge in [-0.15, -0.1) is 11.6 Å². The molecule has 0 aromatic carbocycles. The van der Waals surface area contributed by atoms with Crippen LogP contribution in [-0.2, 0) is 9.53 Å². The van der Waals surface area contributed by atoms with E-state index < -0.39 is 29.6 Å². The first kappa shape index (κ1) is 22.8. The van der Waals surface area contributed by atoms with Gasteiger partial charge in [0.15, 0.2) is 5.78 Å². The minimum atomic E-state index is -0.762. The zero-order chi connectivity index (χ0) is 20.4. The smallest absolute Gasteiger partial charge is 0.407 e. The van der Waals surface area contributed by atoms with Crippen molar-refractivity contribution in [3.63, 3.8) is 0 Å². The van der Waals surface area contributed by atoms with Crippen LogP contribution in [0, 0.1) is 5.95 Å². The SMILES string of the molecule is CC(C)(C)OC(=O)NCCCC[C@H](NC(=O)c1ccc(F)nc1)C(=O)CCl. The van der Waals surface area contributed by atoms with Crippen LogP contribution in [0.4, 0.5) is 9.18 Å². The minimum absolute atomic E-state index is 0.148. The lowest BCUT2D eigenvalue weighted by Gasteiger charge is -2.20. The van der Waals surface area contributed by atoms with Gasteiger partial charge in [0.05, 0.1) is 17.5 Å². The molecule has 1 aromatic rings. The van der Waals surface area contributed by atoms with Crippen LogP contribution >= 0.6 is 11.6 Å². The first-order chi connectivity index (χ1) is 12.6. The fraction of sp³-hybridized carbons (Fsp3) is 0.556. The van der Waals surface area contributed by atoms with E-state index in [4.69, 9.17) is 16.3 Å². The Kier molecular flexibility index (Phi) is 9.14. The molecule has 1 aromatic heterocycles. The molecule has 1 heterocycles. The maximum absolute atomic E-state index is 12.8. The summed E-state index contributed by atoms with van der Waals surface area (Å²) in [6, 6.07) is 1.59. The van der Waals surface area contributed by atoms with Crippen LogP contribution in [0.15, 0.2) is 18.3 Å². The van der Waals surface area contributed by atoms with Gasteiger partial charge in [-0.3, -0.25) is 9.59 Å². The number of ether oxygens (including phenoxy) is 1. The second kappa shape index (κ2) is 10.8. The van der Waals surface area contributed by atoms with E-state index in [1.807, 2.05) is 0 Å². The predicted octanol–water partition coefficient (Wildman–Crippen LogP) is 2.82. The Morgan fingerprint density at radius 3 is 2.52 bits per heavy atom. The number of carbonyl (C=O) groups is 3. The molecule has 0 spiro atoms. The number of ketones is 1. The molecule has 0 saturated carbocycles. The number of rotatable bonds is 9. The highest BCUT2D eigenvalue weighted by atomic mass is 35.5. The van der Waals surface area contributed by atoms with Crippen LogP contribution in [-0.4, -0.2) is 46.8 Å². The quantitative estimate of drug-likeness (QED) is 0.376. The molecule has 0 fully saturated rings. The van der Waals surface area contributed by atoms with Crippen molar-refractivity contribution in [2.24, 2.45) is 0 Å². The largest absolute Gasteiger partial charge is 0.444 e. The van der Waals surface area contributed by atoms with Crippen LogP contribution in [0.1, 0.15) is 50.4 Å². The second-order valence-electron chi connectivity index (χ2n) is 6.92. The van der Waals surface area contributed by atoms with Gasteiger partial charge in [0, 0.05) is 12.7 Å². The molecule has 1 atom stereocenters. The number of halogens is 2. The molecule has 0 bridgehead atoms. The topological polar surface area (TPSA) is 97.4 Å². The zero-order valence-corrected chi connectivity index (χ0v) is 16.4. The summed E-state index contributed by atoms with van der Waals surface area (Å²) < 4.78 is 17.9. The third-order valence-corrected chi connectivity index (χ3v) is 3.67. The van der Waals surface area contributed by atoms with E-state index in [1.54, 1.807) is 20.8 Å². The average Bonchev–Trinajstić information content (AvgIpc) is 2.58. The summed E-state index contributed by atoms with van der Waals surface area (Å²) >= 11 is 5.60. The van der Waals surface area contributed by atoms with Crippen molar-refractivity contribution in [3.05, 3.63) is 29.8 Å². The molecule has 0 unspecified atom stereocenters. The maximum Gasteiger partial charge on any atom is 0.407 e. The molecule has 150 valence electrons. The molecule has 27 heavy (non-hydrogen) atoms. The van der Waals surface area contributed by atoms with Gasteiger partial charge >= 0.3 is 6.09 Å². The van der Waals surface area contributed by atoms with E-state index in [1.165, 1.54) is 6.07 Å². The molecular formula is C18H25ClFN3O4. The van der Waals surface area contributed by atoms with Crippen LogP contribution in [0.3, 0.4) is 0 Å². The van der Waals surface area contributed by atoms with Crippen LogP contribution in [0.2, 0.25) is 0 Å². The highest BCUT2D eigenvalue weighted by Gasteiger charge is 2.21. The van der Waals surface area contributed by atoms with Crippen molar-refractivity contribution in [1.82, 2.24) is 15.6 Å². The number of Topliss-reactive ketones (excluding diaryl/α,β-unsaturated/α-hetero) is 1. The molecular weight excluding hydrogens is 377 g/mol. The Balaban J connectivity index is 2.44. The van der Waals surface area contributed by atoms with Gasteiger partial charge < -0.3 is 15.4 Å². The number of aromatic nitrogens is 1. The Hall–Kier alpha value is -2.22. The standard InChI is InChI=1S/C18H25ClFN3O4/c1-18(2,3)27-17(26)21-9-5-4-6-13(14(24)10-19)23-16(25)12-7-8-15(20)22-11-12/h7-8,11,13H,4-6,9-10H2,1-3H3,(H,21,26)(H,23,25)/t13-/m0/s1. The van der Waals surface area contributed by atoms with Crippen molar-refractivity contribution in [2.45, 2.75) is 51.7 Å². The van der Waals surface area contributed by atoms with Gasteiger partial charge in [-0.05, 0) is 52.2 Å². The zero-order valence-electron chi connectivity index (χ0n) is 15.7. The summed E-state index contributed by atoms with van der Waals surface area (Å²) in [6.07, 6.45) is 2.12. The number of nitrogens with one attached hydrogen (secondary N) is 2. The highest BCUT2D eigenvalue weighted by Crippen LogP contribution is 2.08. The molecule has 7 nitrogen and oxygen atoms in total. The normalized spacial score (nSPS) is 12.2. The third kappa shape index (κ3) is 9.33. The lowest BCUT2D eigenvalue weighted by atomic mass is 10.1. The number of hydrogen-bond acceptors (Lipinski definition) is 5. The molecule has 0 aliphatic carbocycles. The van der Waals surface area contributed by atoms with E-state index in [0.29, 0.717) is 25.8 Å². The lowest BCUT2D eigenvalue weighted by Crippen LogP contribution is -2.41. The Bertz CT molecular complexity index is 647. The van der Waals surface area contributed by atoms with E-state index in [-0.39, 0.29) is 17.2 Å². The number of amides is 2. The van der Waals surface area contributed by atoms with Crippen molar-refractivity contribution < 1.29 is 23.5 Å². The minimum Gasteiger partial charge on any atom is -0.444 e. The first-order valence-electron chi connectivity index (χ1n) is 8.60. The fourth-order valence-electron chi connectivity index (χ4n) is 2.14. The monoisotopic (exact) mass is 401 g/mol. The summed E-state index contributed by atoms with van der Waals surface area (Å²) in [5.41, 5.74) is -0.420. The molecule has 2 amide bonds. The van der Waals surface area contributed by atoms with E-state index >= 15 is 0 Å². The van der Waals surface area contributed by atoms with E-state index in [2.05, 4.69) is 15.6 Å². The average molecular weight is 402 g/mol. The van der Waals surface area contributed by atoms with E-state index in [9.17, 15) is 18.8 Å². The van der Waals surface area contributed by atoms with Gasteiger partial charge in [-0.1, -0.05) is 0 Å². The Morgan fingerprint density at radius 1 is 1.26 bits per heavy atom. The summed E-state index contributed by atoms with van der Waals surface area (Å²) in [4.78, 5) is 39.1. The lowest BCUT2D eigenvalue weighted by molar-refractivity contribution is -0.118. The molecule has 9 heteroatoms. The van der Waals surface area contributed by atoms with Gasteiger partial charge in [0.2, 0.25) is 5.95 Å². The Labute approximate surface area is 163 Å². The third-order valence-electron chi connectivity index (χ3n) is 3.40. The summed E-state index contributed by atoms with van der Waals surface area (Å²) in [5, 5.41) is 5.21. The second-order valence-corrected chi connectivity index (χ2v) is 7.19. The van der Waals surface area contributed by atoms with Crippen molar-refractivity contribution in [1.29, 1.82) is 0 Å². The van der Waals surface area contributed by atoms with Crippen molar-refractivity contribution >= 4 is 29.4 Å². The van der Waals surface area contributed by atoms with Crippen molar-refractivity contribution in [3.8, 4) is 0 Å². The number of hydrogen-bond donors (Lipinski definition) is 2. The van der Waals surface area contributed by atoms with Crippen LogP contribution in [0.5, 0.6) is 0 Å². The van der Waals surface area contributed by atoms with Gasteiger partial charge in [-0.2, -0.15) is 4.39 Å². The number of alkyl halides is 1. The summed E-state index contributed by atoms with van der Waals surface area (Å²) in [5.74, 6) is -1.78. The number of carbonyl (C=O) groups excluding carboxylic acids is 3. The predicted molar refractivity (Wildman–Crippen MR) is 99.3 cm³/mol. The van der Waals surface area contributed by atoms with Gasteiger partial charge in [-0.25, -0.2) is 9.78 Å². The van der Waals surface area contributed by atoms with Gasteiger partial charge in [0.25, 0.3) is 5.91 Å².